The van der Waals surface area contributed by atoms with Crippen LogP contribution in [-0.4, -0.2) is 46.6 Å². The van der Waals surface area contributed by atoms with Gasteiger partial charge in [-0.05, 0) is 44.3 Å². The predicted molar refractivity (Wildman–Crippen MR) is 103 cm³/mol. The monoisotopic (exact) mass is 380 g/mol. The van der Waals surface area contributed by atoms with Crippen LogP contribution in [0.3, 0.4) is 0 Å². The van der Waals surface area contributed by atoms with Crippen LogP contribution >= 0.6 is 0 Å². The number of allylic oxidation sites excluding steroid dienone is 2. The summed E-state index contributed by atoms with van der Waals surface area (Å²) >= 11 is 0. The average molecular weight is 380 g/mol. The fourth-order valence-electron chi connectivity index (χ4n) is 2.80. The van der Waals surface area contributed by atoms with Crippen LogP contribution in [0.1, 0.15) is 53.4 Å². The number of esters is 2. The van der Waals surface area contributed by atoms with E-state index in [0.717, 1.165) is 5.57 Å². The van der Waals surface area contributed by atoms with E-state index in [1.54, 1.807) is 25.2 Å². The van der Waals surface area contributed by atoms with Crippen molar-refractivity contribution in [2.45, 2.75) is 77.8 Å². The number of hydrogen-bond donors (Lipinski definition) is 2. The van der Waals surface area contributed by atoms with Crippen LogP contribution in [0, 0.1) is 5.92 Å². The molecule has 0 aromatic rings. The summed E-state index contributed by atoms with van der Waals surface area (Å²) in [6, 6.07) is 0. The van der Waals surface area contributed by atoms with Gasteiger partial charge in [-0.2, -0.15) is 0 Å². The van der Waals surface area contributed by atoms with Crippen LogP contribution in [0.4, 0.5) is 0 Å². The summed E-state index contributed by atoms with van der Waals surface area (Å²) in [5, 5.41) is 19.4. The highest BCUT2D eigenvalue weighted by atomic mass is 16.5. The van der Waals surface area contributed by atoms with E-state index in [-0.39, 0.29) is 24.4 Å². The third-order valence-corrected chi connectivity index (χ3v) is 4.43. The molecule has 0 aromatic heterocycles. The molecule has 0 saturated carbocycles. The highest BCUT2D eigenvalue weighted by molar-refractivity contribution is 5.70. The van der Waals surface area contributed by atoms with E-state index >= 15 is 0 Å². The molecular formula is C21H32O6. The number of ether oxygens (including phenoxy) is 2. The lowest BCUT2D eigenvalue weighted by Crippen LogP contribution is -2.27. The third kappa shape index (κ3) is 9.54. The Morgan fingerprint density at radius 3 is 2.70 bits per heavy atom. The first-order valence-corrected chi connectivity index (χ1v) is 9.43. The summed E-state index contributed by atoms with van der Waals surface area (Å²) in [5.41, 5.74) is 0.813. The van der Waals surface area contributed by atoms with Crippen LogP contribution in [0.5, 0.6) is 0 Å². The summed E-state index contributed by atoms with van der Waals surface area (Å²) in [7, 11) is 0. The van der Waals surface area contributed by atoms with Crippen LogP contribution in [0.2, 0.25) is 0 Å². The molecular weight excluding hydrogens is 348 g/mol. The van der Waals surface area contributed by atoms with Crippen LogP contribution < -0.4 is 0 Å². The normalized spacial score (nSPS) is 30.7. The van der Waals surface area contributed by atoms with Crippen LogP contribution in [0.15, 0.2) is 36.0 Å². The zero-order valence-corrected chi connectivity index (χ0v) is 16.6. The molecule has 0 saturated heterocycles. The minimum Gasteiger partial charge on any atom is -0.458 e. The first-order chi connectivity index (χ1) is 12.7. The van der Waals surface area contributed by atoms with Crippen LogP contribution in [0.25, 0.3) is 0 Å². The molecule has 0 aliphatic carbocycles. The van der Waals surface area contributed by atoms with Gasteiger partial charge in [0.1, 0.15) is 12.2 Å². The number of aliphatic hydroxyl groups is 2. The highest BCUT2D eigenvalue weighted by Gasteiger charge is 2.23. The molecule has 27 heavy (non-hydrogen) atoms. The second-order valence-electron chi connectivity index (χ2n) is 7.17. The van der Waals surface area contributed by atoms with Crippen molar-refractivity contribution in [3.8, 4) is 0 Å². The average Bonchev–Trinajstić information content (AvgIpc) is 2.56. The number of rotatable bonds is 4. The van der Waals surface area contributed by atoms with E-state index in [0.29, 0.717) is 19.3 Å². The van der Waals surface area contributed by atoms with Crippen molar-refractivity contribution in [3.05, 3.63) is 36.0 Å². The number of cyclic esters (lactones) is 1. The van der Waals surface area contributed by atoms with Gasteiger partial charge in [0.05, 0.1) is 18.6 Å². The fourth-order valence-corrected chi connectivity index (χ4v) is 2.80. The number of carbonyl (C=O) groups excluding carboxylic acids is 2. The molecule has 152 valence electrons. The van der Waals surface area contributed by atoms with Crippen LogP contribution in [-0.2, 0) is 19.1 Å². The smallest absolute Gasteiger partial charge is 0.309 e. The van der Waals surface area contributed by atoms with Gasteiger partial charge in [0.2, 0.25) is 0 Å². The molecule has 6 nitrogen and oxygen atoms in total. The summed E-state index contributed by atoms with van der Waals surface area (Å²) in [4.78, 5) is 23.5. The van der Waals surface area contributed by atoms with Gasteiger partial charge >= 0.3 is 11.9 Å². The molecule has 0 amide bonds. The summed E-state index contributed by atoms with van der Waals surface area (Å²) in [6.45, 7) is 6.82. The Labute approximate surface area is 161 Å². The lowest BCUT2D eigenvalue weighted by molar-refractivity contribution is -0.149. The van der Waals surface area contributed by atoms with Gasteiger partial charge in [-0.15, -0.1) is 0 Å². The van der Waals surface area contributed by atoms with E-state index in [1.807, 2.05) is 26.0 Å². The Bertz CT molecular complexity index is 575. The molecule has 1 heterocycles. The quantitative estimate of drug-likeness (QED) is 0.443. The van der Waals surface area contributed by atoms with Gasteiger partial charge in [0.15, 0.2) is 0 Å². The minimum atomic E-state index is -0.790. The van der Waals surface area contributed by atoms with Crippen molar-refractivity contribution in [2.75, 3.05) is 0 Å². The largest absolute Gasteiger partial charge is 0.458 e. The second-order valence-corrected chi connectivity index (χ2v) is 7.17. The molecule has 1 aliphatic heterocycles. The Morgan fingerprint density at radius 2 is 2.07 bits per heavy atom. The Hall–Kier alpha value is -1.92. The number of aliphatic hydroxyl groups excluding tert-OH is 2. The molecule has 1 aliphatic rings. The molecule has 0 unspecified atom stereocenters. The van der Waals surface area contributed by atoms with Crippen molar-refractivity contribution < 1.29 is 29.3 Å². The first kappa shape index (κ1) is 23.1. The van der Waals surface area contributed by atoms with Crippen molar-refractivity contribution in [2.24, 2.45) is 5.92 Å². The Balaban J connectivity index is 3.01. The standard InChI is InChI=1S/C21H32O6/c1-14(7-5-8-16(3)22)20-10-6-9-19(26-17(4)23)15(2)11-12-18(24)13-21(25)27-20/h5-9,15-16,18-20,22,24H,10-13H2,1-4H3/b8-5+,9-6+,14-7+/t15-,16-,18-,19-,20-/m1/s1. The zero-order chi connectivity index (χ0) is 20.4. The van der Waals surface area contributed by atoms with E-state index in [2.05, 4.69) is 0 Å². The van der Waals surface area contributed by atoms with Gasteiger partial charge in [0.25, 0.3) is 0 Å². The molecule has 2 N–H and O–H groups in total. The molecule has 5 atom stereocenters. The maximum absolute atomic E-state index is 12.1. The third-order valence-electron chi connectivity index (χ3n) is 4.43. The minimum absolute atomic E-state index is 0.0271. The van der Waals surface area contributed by atoms with Gasteiger partial charge in [0, 0.05) is 13.3 Å². The maximum atomic E-state index is 12.1. The Morgan fingerprint density at radius 1 is 1.37 bits per heavy atom. The van der Waals surface area contributed by atoms with E-state index in [1.165, 1.54) is 6.92 Å². The SMILES string of the molecule is CC(=O)O[C@@H]1/C=C/C[C@H](/C(C)=C/C=C/[C@@H](C)O)OC(=O)C[C@H](O)CC[C@H]1C. The molecule has 1 rings (SSSR count). The first-order valence-electron chi connectivity index (χ1n) is 9.43. The topological polar surface area (TPSA) is 93.1 Å². The molecule has 0 bridgehead atoms. The van der Waals surface area contributed by atoms with Gasteiger partial charge in [-0.1, -0.05) is 31.2 Å². The van der Waals surface area contributed by atoms with Gasteiger partial charge < -0.3 is 19.7 Å². The lowest BCUT2D eigenvalue weighted by atomic mass is 9.94. The van der Waals surface area contributed by atoms with E-state index in [9.17, 15) is 19.8 Å². The van der Waals surface area contributed by atoms with Gasteiger partial charge in [-0.3, -0.25) is 9.59 Å². The van der Waals surface area contributed by atoms with Crippen molar-refractivity contribution in [1.29, 1.82) is 0 Å². The zero-order valence-electron chi connectivity index (χ0n) is 16.6. The molecule has 0 radical (unpaired) electrons. The maximum Gasteiger partial charge on any atom is 0.309 e. The summed E-state index contributed by atoms with van der Waals surface area (Å²) in [5.74, 6) is -0.774. The lowest BCUT2D eigenvalue weighted by Gasteiger charge is -2.24. The molecule has 0 spiro atoms. The summed E-state index contributed by atoms with van der Waals surface area (Å²) in [6.07, 6.45) is 7.99. The molecule has 0 aromatic carbocycles. The van der Waals surface area contributed by atoms with Crippen molar-refractivity contribution in [1.82, 2.24) is 0 Å². The van der Waals surface area contributed by atoms with Gasteiger partial charge in [-0.25, -0.2) is 0 Å². The summed E-state index contributed by atoms with van der Waals surface area (Å²) < 4.78 is 10.9. The second kappa shape index (κ2) is 11.7. The van der Waals surface area contributed by atoms with E-state index < -0.39 is 24.3 Å². The molecule has 0 fully saturated rings. The van der Waals surface area contributed by atoms with E-state index in [4.69, 9.17) is 9.47 Å². The van der Waals surface area contributed by atoms with Crippen molar-refractivity contribution >= 4 is 11.9 Å². The number of hydrogen-bond acceptors (Lipinski definition) is 6. The highest BCUT2D eigenvalue weighted by Crippen LogP contribution is 2.21. The van der Waals surface area contributed by atoms with Crippen molar-refractivity contribution in [3.63, 3.8) is 0 Å². The fraction of sp³-hybridized carbons (Fsp3) is 0.619. The predicted octanol–water partition coefficient (Wildman–Crippen LogP) is 2.84. The Kier molecular flexibility index (Phi) is 10.0. The number of carbonyl (C=O) groups is 2. The molecule has 6 heteroatoms.